The van der Waals surface area contributed by atoms with Gasteiger partial charge in [0.05, 0.1) is 18.8 Å². The van der Waals surface area contributed by atoms with Crippen LogP contribution in [0.5, 0.6) is 5.75 Å². The van der Waals surface area contributed by atoms with E-state index >= 15 is 0 Å². The minimum Gasteiger partial charge on any atom is -0.508 e. The summed E-state index contributed by atoms with van der Waals surface area (Å²) in [6.45, 7) is -1.99. The number of rotatable bonds is 6. The summed E-state index contributed by atoms with van der Waals surface area (Å²) in [5.41, 5.74) is -5.62. The van der Waals surface area contributed by atoms with Crippen molar-refractivity contribution in [3.05, 3.63) is 58.6 Å². The first-order chi connectivity index (χ1) is 20.2. The Hall–Kier alpha value is -3.26. The maximum atomic E-state index is 13.9. The summed E-state index contributed by atoms with van der Waals surface area (Å²) in [7, 11) is 0. The molecule has 0 saturated carbocycles. The maximum Gasteiger partial charge on any atom is 0.219 e. The van der Waals surface area contributed by atoms with Crippen LogP contribution in [0.2, 0.25) is 0 Å². The van der Waals surface area contributed by atoms with Gasteiger partial charge in [-0.05, 0) is 23.8 Å². The quantitative estimate of drug-likeness (QED) is 0.0820. The molecule has 0 aromatic heterocycles. The first kappa shape index (κ1) is 32.6. The summed E-state index contributed by atoms with van der Waals surface area (Å²) in [6, 6.07) is 5.38. The monoisotopic (exact) mass is 612 g/mol. The Bertz CT molecular complexity index is 1320. The van der Waals surface area contributed by atoms with E-state index in [0.29, 0.717) is 5.56 Å². The molecule has 2 heterocycles. The number of carbonyl (C=O) groups is 2. The van der Waals surface area contributed by atoms with Crippen molar-refractivity contribution in [1.29, 1.82) is 0 Å². The third-order valence-electron chi connectivity index (χ3n) is 7.72. The first-order valence-electron chi connectivity index (χ1n) is 13.0. The molecular formula is C27H32O16. The molecule has 0 spiro atoms. The number of hydrogen-bond donors (Lipinski definition) is 12. The molecule has 1 aromatic rings. The molecule has 16 nitrogen and oxygen atoms in total. The second-order valence-electron chi connectivity index (χ2n) is 10.4. The summed E-state index contributed by atoms with van der Waals surface area (Å²) < 4.78 is 10.6. The van der Waals surface area contributed by atoms with E-state index in [0.717, 1.165) is 6.08 Å². The number of benzene rings is 1. The van der Waals surface area contributed by atoms with Crippen molar-refractivity contribution in [2.75, 3.05) is 13.2 Å². The highest BCUT2D eigenvalue weighted by atomic mass is 16.6. The molecule has 2 aliphatic heterocycles. The van der Waals surface area contributed by atoms with Crippen molar-refractivity contribution < 1.29 is 80.3 Å². The lowest BCUT2D eigenvalue weighted by atomic mass is 9.69. The summed E-state index contributed by atoms with van der Waals surface area (Å²) >= 11 is 0. The molecule has 43 heavy (non-hydrogen) atoms. The highest BCUT2D eigenvalue weighted by Crippen LogP contribution is 2.42. The average molecular weight is 613 g/mol. The maximum absolute atomic E-state index is 13.9. The van der Waals surface area contributed by atoms with E-state index in [9.17, 15) is 70.9 Å². The van der Waals surface area contributed by atoms with Crippen LogP contribution in [0.3, 0.4) is 0 Å². The van der Waals surface area contributed by atoms with Crippen LogP contribution in [0, 0.1) is 0 Å². The number of phenols is 1. The highest BCUT2D eigenvalue weighted by molar-refractivity contribution is 6.28. The number of hydrogen-bond acceptors (Lipinski definition) is 16. The van der Waals surface area contributed by atoms with Crippen LogP contribution in [0.1, 0.15) is 5.56 Å². The number of allylic oxidation sites excluding steroid dienone is 2. The Morgan fingerprint density at radius 3 is 1.86 bits per heavy atom. The van der Waals surface area contributed by atoms with Crippen molar-refractivity contribution >= 4 is 17.6 Å². The summed E-state index contributed by atoms with van der Waals surface area (Å²) in [4.78, 5) is 27.6. The van der Waals surface area contributed by atoms with E-state index in [1.54, 1.807) is 0 Å². The number of Topliss-reactive ketones (excluding diaryl/α,β-unsaturated/α-hetero) is 2. The topological polar surface area (TPSA) is 295 Å². The Labute approximate surface area is 242 Å². The number of phenolic OH excluding ortho intramolecular Hbond substituents is 1. The molecule has 236 valence electrons. The molecular weight excluding hydrogens is 580 g/mol. The van der Waals surface area contributed by atoms with E-state index in [-0.39, 0.29) is 5.75 Å². The molecule has 12 N–H and O–H groups in total. The molecule has 11 atom stereocenters. The molecule has 2 saturated heterocycles. The van der Waals surface area contributed by atoms with E-state index < -0.39 is 114 Å². The van der Waals surface area contributed by atoms with Crippen molar-refractivity contribution in [3.8, 4) is 5.75 Å². The smallest absolute Gasteiger partial charge is 0.219 e. The van der Waals surface area contributed by atoms with Crippen LogP contribution in [0.25, 0.3) is 6.08 Å². The fraction of sp³-hybridized carbons (Fsp3) is 0.481. The van der Waals surface area contributed by atoms with E-state index in [1.807, 2.05) is 0 Å². The van der Waals surface area contributed by atoms with Crippen LogP contribution in [0.15, 0.2) is 53.0 Å². The van der Waals surface area contributed by atoms with Crippen molar-refractivity contribution in [2.45, 2.75) is 66.6 Å². The van der Waals surface area contributed by atoms with Gasteiger partial charge in [0.1, 0.15) is 83.9 Å². The van der Waals surface area contributed by atoms with Gasteiger partial charge in [-0.3, -0.25) is 9.59 Å². The van der Waals surface area contributed by atoms with Crippen LogP contribution in [-0.4, -0.2) is 153 Å². The van der Waals surface area contributed by atoms with Crippen molar-refractivity contribution in [3.63, 3.8) is 0 Å². The lowest BCUT2D eigenvalue weighted by molar-refractivity contribution is -0.261. The molecule has 0 radical (unpaired) electrons. The van der Waals surface area contributed by atoms with Crippen LogP contribution in [0.4, 0.5) is 0 Å². The minimum absolute atomic E-state index is 0.0879. The van der Waals surface area contributed by atoms with Gasteiger partial charge in [-0.1, -0.05) is 18.2 Å². The second kappa shape index (κ2) is 12.4. The largest absolute Gasteiger partial charge is 0.508 e. The molecule has 0 amide bonds. The standard InChI is InChI=1S/C27H32O16/c28-7-12-16(32)19(35)21(37)23(42-12)15-18(34)14(11(31)6-3-9-1-4-10(30)5-2-9)24(39)27(41,25(15)40)26-22(38)20(36)17(33)13(8-29)43-26/h1-6,12-13,16-17,19-23,26,28-38,41H,7-8H2/b6-3+,14-11?/t12-,13-,16-,17-,19+,20+,21-,22-,23?,26?,27?/m1/s1. The number of aliphatic hydroxyl groups excluding tert-OH is 10. The van der Waals surface area contributed by atoms with Crippen LogP contribution in [-0.2, 0) is 19.1 Å². The van der Waals surface area contributed by atoms with Crippen LogP contribution < -0.4 is 0 Å². The molecule has 4 rings (SSSR count). The highest BCUT2D eigenvalue weighted by Gasteiger charge is 2.65. The van der Waals surface area contributed by atoms with Crippen molar-refractivity contribution in [1.82, 2.24) is 0 Å². The molecule has 0 bridgehead atoms. The zero-order chi connectivity index (χ0) is 32.0. The lowest BCUT2D eigenvalue weighted by Gasteiger charge is -2.48. The van der Waals surface area contributed by atoms with Crippen LogP contribution >= 0.6 is 0 Å². The third kappa shape index (κ3) is 5.47. The number of carbonyl (C=O) groups excluding carboxylic acids is 2. The number of ether oxygens (including phenoxy) is 2. The molecule has 1 aromatic carbocycles. The van der Waals surface area contributed by atoms with Gasteiger partial charge in [-0.15, -0.1) is 0 Å². The SMILES string of the molecule is O=C1C(=C(O)/C=C/c2ccc(O)cc2)C(O)=C(C2O[C@H](CO)[C@@H](O)[C@H](O)[C@H]2O)C(=O)C1(O)C1O[C@H](CO)[C@@H](O)[C@H](O)[C@H]1O. The Morgan fingerprint density at radius 1 is 0.767 bits per heavy atom. The molecule has 16 heteroatoms. The van der Waals surface area contributed by atoms with Gasteiger partial charge < -0.3 is 70.8 Å². The number of aliphatic hydroxyl groups is 11. The summed E-state index contributed by atoms with van der Waals surface area (Å²) in [5, 5.41) is 125. The van der Waals surface area contributed by atoms with Gasteiger partial charge in [0.2, 0.25) is 17.2 Å². The number of aromatic hydroxyl groups is 1. The third-order valence-corrected chi connectivity index (χ3v) is 7.72. The lowest BCUT2D eigenvalue weighted by Crippen LogP contribution is -2.72. The van der Waals surface area contributed by atoms with Gasteiger partial charge >= 0.3 is 0 Å². The molecule has 1 aliphatic carbocycles. The van der Waals surface area contributed by atoms with Gasteiger partial charge in [-0.25, -0.2) is 0 Å². The fourth-order valence-corrected chi connectivity index (χ4v) is 5.24. The zero-order valence-electron chi connectivity index (χ0n) is 22.2. The first-order valence-corrected chi connectivity index (χ1v) is 13.0. The van der Waals surface area contributed by atoms with Gasteiger partial charge in [0.25, 0.3) is 0 Å². The summed E-state index contributed by atoms with van der Waals surface area (Å²) in [6.07, 6.45) is -18.7. The van der Waals surface area contributed by atoms with E-state index in [2.05, 4.69) is 0 Å². The molecule has 3 unspecified atom stereocenters. The minimum atomic E-state index is -3.63. The second-order valence-corrected chi connectivity index (χ2v) is 10.4. The fourth-order valence-electron chi connectivity index (χ4n) is 5.24. The van der Waals surface area contributed by atoms with E-state index in [4.69, 9.17) is 9.47 Å². The van der Waals surface area contributed by atoms with Gasteiger partial charge in [0.15, 0.2) is 0 Å². The summed E-state index contributed by atoms with van der Waals surface area (Å²) in [5.74, 6) is -6.12. The Kier molecular flexibility index (Phi) is 9.41. The average Bonchev–Trinajstić information content (AvgIpc) is 2.98. The van der Waals surface area contributed by atoms with Gasteiger partial charge in [0, 0.05) is 0 Å². The predicted molar refractivity (Wildman–Crippen MR) is 139 cm³/mol. The molecule has 3 aliphatic rings. The number of ketones is 2. The van der Waals surface area contributed by atoms with E-state index in [1.165, 1.54) is 30.3 Å². The normalized spacial score (nSPS) is 40.3. The zero-order valence-corrected chi connectivity index (χ0v) is 22.2. The Balaban J connectivity index is 1.92. The molecule has 2 fully saturated rings. The Morgan fingerprint density at radius 2 is 1.30 bits per heavy atom. The van der Waals surface area contributed by atoms with Crippen molar-refractivity contribution in [2.24, 2.45) is 0 Å². The van der Waals surface area contributed by atoms with Gasteiger partial charge in [-0.2, -0.15) is 0 Å². The predicted octanol–water partition coefficient (Wildman–Crippen LogP) is -4.40.